The summed E-state index contributed by atoms with van der Waals surface area (Å²) in [5.41, 5.74) is 5.29. The van der Waals surface area contributed by atoms with Gasteiger partial charge in [0.1, 0.15) is 5.82 Å². The molecule has 1 heterocycles. The summed E-state index contributed by atoms with van der Waals surface area (Å²) in [6.07, 6.45) is 0.494. The highest BCUT2D eigenvalue weighted by Gasteiger charge is 2.14. The third-order valence-corrected chi connectivity index (χ3v) is 1.72. The van der Waals surface area contributed by atoms with Gasteiger partial charge in [-0.3, -0.25) is 10.1 Å². The molecule has 1 aromatic rings. The Kier molecular flexibility index (Phi) is 3.81. The normalized spacial score (nSPS) is 9.93. The summed E-state index contributed by atoms with van der Waals surface area (Å²) in [5.74, 6) is 0.348. The summed E-state index contributed by atoms with van der Waals surface area (Å²) in [5, 5.41) is 21.9. The van der Waals surface area contributed by atoms with Crippen LogP contribution in [0.5, 0.6) is 0 Å². The van der Waals surface area contributed by atoms with Crippen LogP contribution in [0.4, 0.5) is 17.3 Å². The number of rotatable bonds is 5. The molecule has 0 aliphatic carbocycles. The molecule has 1 rings (SSSR count). The number of nitro groups is 1. The fourth-order valence-corrected chi connectivity index (χ4v) is 1.03. The molecule has 0 aliphatic heterocycles. The summed E-state index contributed by atoms with van der Waals surface area (Å²) >= 11 is 0. The number of aliphatic hydroxyl groups is 1. The number of aromatic nitrogens is 1. The minimum atomic E-state index is -0.534. The van der Waals surface area contributed by atoms with Crippen LogP contribution in [0.25, 0.3) is 0 Å². The van der Waals surface area contributed by atoms with Crippen LogP contribution < -0.4 is 11.1 Å². The first kappa shape index (κ1) is 11.2. The highest BCUT2D eigenvalue weighted by molar-refractivity contribution is 5.59. The van der Waals surface area contributed by atoms with Crippen LogP contribution in [0.2, 0.25) is 0 Å². The van der Waals surface area contributed by atoms with Gasteiger partial charge in [-0.2, -0.15) is 0 Å². The van der Waals surface area contributed by atoms with Crippen molar-refractivity contribution in [3.63, 3.8) is 0 Å². The van der Waals surface area contributed by atoms with Crippen LogP contribution in [0, 0.1) is 10.1 Å². The van der Waals surface area contributed by atoms with Crippen molar-refractivity contribution in [2.75, 3.05) is 24.2 Å². The number of pyridine rings is 1. The third kappa shape index (κ3) is 3.06. The van der Waals surface area contributed by atoms with E-state index in [4.69, 9.17) is 10.8 Å². The summed E-state index contributed by atoms with van der Waals surface area (Å²) in [7, 11) is 0. The van der Waals surface area contributed by atoms with Crippen molar-refractivity contribution in [2.45, 2.75) is 6.42 Å². The Balaban J connectivity index is 2.82. The van der Waals surface area contributed by atoms with Gasteiger partial charge in [0.2, 0.25) is 5.82 Å². The fourth-order valence-electron chi connectivity index (χ4n) is 1.03. The first-order valence-electron chi connectivity index (χ1n) is 4.41. The van der Waals surface area contributed by atoms with Gasteiger partial charge in [0, 0.05) is 19.2 Å². The number of nitrogens with zero attached hydrogens (tertiary/aromatic N) is 2. The van der Waals surface area contributed by atoms with E-state index < -0.39 is 4.92 Å². The molecule has 0 amide bonds. The van der Waals surface area contributed by atoms with Crippen molar-refractivity contribution >= 4 is 17.3 Å². The summed E-state index contributed by atoms with van der Waals surface area (Å²) in [6, 6.07) is 2.67. The Bertz CT molecular complexity index is 356. The highest BCUT2D eigenvalue weighted by Crippen LogP contribution is 2.22. The average molecular weight is 212 g/mol. The van der Waals surface area contributed by atoms with Crippen LogP contribution in [0.1, 0.15) is 6.42 Å². The third-order valence-electron chi connectivity index (χ3n) is 1.72. The van der Waals surface area contributed by atoms with Crippen LogP contribution in [0.3, 0.4) is 0 Å². The molecule has 0 fully saturated rings. The van der Waals surface area contributed by atoms with Crippen molar-refractivity contribution in [3.05, 3.63) is 22.2 Å². The second kappa shape index (κ2) is 5.11. The monoisotopic (exact) mass is 212 g/mol. The lowest BCUT2D eigenvalue weighted by Gasteiger charge is -2.05. The Morgan fingerprint density at radius 2 is 2.33 bits per heavy atom. The van der Waals surface area contributed by atoms with Crippen LogP contribution in [-0.2, 0) is 0 Å². The lowest BCUT2D eigenvalue weighted by atomic mass is 10.3. The Morgan fingerprint density at radius 3 is 2.93 bits per heavy atom. The molecule has 0 aromatic carbocycles. The Labute approximate surface area is 86.1 Å². The van der Waals surface area contributed by atoms with Gasteiger partial charge < -0.3 is 16.2 Å². The average Bonchev–Trinajstić information content (AvgIpc) is 2.18. The van der Waals surface area contributed by atoms with Crippen LogP contribution in [0.15, 0.2) is 12.1 Å². The van der Waals surface area contributed by atoms with Crippen molar-refractivity contribution in [1.29, 1.82) is 0 Å². The molecular weight excluding hydrogens is 200 g/mol. The van der Waals surface area contributed by atoms with E-state index >= 15 is 0 Å². The molecule has 0 aliphatic rings. The van der Waals surface area contributed by atoms with Crippen molar-refractivity contribution < 1.29 is 10.0 Å². The van der Waals surface area contributed by atoms with Crippen LogP contribution in [-0.4, -0.2) is 28.2 Å². The van der Waals surface area contributed by atoms with Crippen molar-refractivity contribution in [2.24, 2.45) is 0 Å². The van der Waals surface area contributed by atoms with E-state index in [9.17, 15) is 10.1 Å². The van der Waals surface area contributed by atoms with Crippen molar-refractivity contribution in [3.8, 4) is 0 Å². The number of hydrogen-bond donors (Lipinski definition) is 3. The van der Waals surface area contributed by atoms with E-state index in [1.54, 1.807) is 0 Å². The number of nitrogen functional groups attached to an aromatic ring is 1. The SMILES string of the molecule is Nc1ccc([N+](=O)[O-])c(NCCCO)n1. The summed E-state index contributed by atoms with van der Waals surface area (Å²) < 4.78 is 0. The van der Waals surface area contributed by atoms with Gasteiger partial charge in [0.25, 0.3) is 0 Å². The van der Waals surface area contributed by atoms with E-state index in [2.05, 4.69) is 10.3 Å². The molecule has 0 spiro atoms. The molecule has 0 radical (unpaired) electrons. The maximum Gasteiger partial charge on any atom is 0.311 e. The van der Waals surface area contributed by atoms with Crippen LogP contribution >= 0.6 is 0 Å². The lowest BCUT2D eigenvalue weighted by Crippen LogP contribution is -2.08. The minimum Gasteiger partial charge on any atom is -0.396 e. The quantitative estimate of drug-likeness (QED) is 0.369. The first-order valence-corrected chi connectivity index (χ1v) is 4.41. The zero-order chi connectivity index (χ0) is 11.3. The zero-order valence-electron chi connectivity index (χ0n) is 8.01. The number of aliphatic hydroxyl groups excluding tert-OH is 1. The highest BCUT2D eigenvalue weighted by atomic mass is 16.6. The maximum atomic E-state index is 10.6. The van der Waals surface area contributed by atoms with Gasteiger partial charge in [0.05, 0.1) is 4.92 Å². The standard InChI is InChI=1S/C8H12N4O3/c9-7-3-2-6(12(14)15)8(11-7)10-4-1-5-13/h2-3,13H,1,4-5H2,(H3,9,10,11). The molecule has 0 atom stereocenters. The minimum absolute atomic E-state index is 0.0170. The summed E-state index contributed by atoms with van der Waals surface area (Å²) in [6.45, 7) is 0.427. The Hall–Kier alpha value is -1.89. The predicted octanol–water partition coefficient (Wildman–Crippen LogP) is 0.366. The summed E-state index contributed by atoms with van der Waals surface area (Å²) in [4.78, 5) is 13.9. The molecular formula is C8H12N4O3. The van der Waals surface area contributed by atoms with E-state index in [0.717, 1.165) is 0 Å². The largest absolute Gasteiger partial charge is 0.396 e. The number of nitrogens with two attached hydrogens (primary N) is 1. The molecule has 7 heteroatoms. The van der Waals surface area contributed by atoms with Gasteiger partial charge in [-0.1, -0.05) is 0 Å². The number of hydrogen-bond acceptors (Lipinski definition) is 6. The Morgan fingerprint density at radius 1 is 1.60 bits per heavy atom. The van der Waals surface area contributed by atoms with Gasteiger partial charge in [-0.25, -0.2) is 4.98 Å². The molecule has 0 saturated heterocycles. The van der Waals surface area contributed by atoms with E-state index in [1.807, 2.05) is 0 Å². The van der Waals surface area contributed by atoms with Gasteiger partial charge >= 0.3 is 5.69 Å². The van der Waals surface area contributed by atoms with Gasteiger partial charge in [-0.15, -0.1) is 0 Å². The molecule has 4 N–H and O–H groups in total. The molecule has 15 heavy (non-hydrogen) atoms. The van der Waals surface area contributed by atoms with E-state index in [1.165, 1.54) is 12.1 Å². The molecule has 0 saturated carbocycles. The van der Waals surface area contributed by atoms with Gasteiger partial charge in [0.15, 0.2) is 0 Å². The maximum absolute atomic E-state index is 10.6. The van der Waals surface area contributed by atoms with Crippen molar-refractivity contribution in [1.82, 2.24) is 4.98 Å². The van der Waals surface area contributed by atoms with E-state index in [0.29, 0.717) is 13.0 Å². The molecule has 0 unspecified atom stereocenters. The first-order chi connectivity index (χ1) is 7.15. The molecule has 0 bridgehead atoms. The smallest absolute Gasteiger partial charge is 0.311 e. The zero-order valence-corrected chi connectivity index (χ0v) is 8.01. The predicted molar refractivity (Wildman–Crippen MR) is 55.5 cm³/mol. The number of anilines is 2. The molecule has 7 nitrogen and oxygen atoms in total. The molecule has 1 aromatic heterocycles. The topological polar surface area (TPSA) is 114 Å². The van der Waals surface area contributed by atoms with Gasteiger partial charge in [-0.05, 0) is 12.5 Å². The van der Waals surface area contributed by atoms with E-state index in [-0.39, 0.29) is 23.9 Å². The fraction of sp³-hybridized carbons (Fsp3) is 0.375. The second-order valence-corrected chi connectivity index (χ2v) is 2.86. The molecule has 82 valence electrons. The second-order valence-electron chi connectivity index (χ2n) is 2.86. The number of nitrogens with one attached hydrogen (secondary N) is 1. The lowest BCUT2D eigenvalue weighted by molar-refractivity contribution is -0.384.